The molecule has 0 aromatic carbocycles. The molecule has 2 aliphatic heterocycles. The van der Waals surface area contributed by atoms with Crippen molar-refractivity contribution >= 4 is 44.4 Å². The zero-order valence-corrected chi connectivity index (χ0v) is 29.5. The average Bonchev–Trinajstić information content (AvgIpc) is 3.67. The van der Waals surface area contributed by atoms with Crippen LogP contribution in [0.25, 0.3) is 44.4 Å². The van der Waals surface area contributed by atoms with E-state index in [1.165, 1.54) is 66.6 Å². The van der Waals surface area contributed by atoms with E-state index >= 15 is 0 Å². The molecular weight excluding hydrogens is 554 g/mol. The molecule has 0 spiro atoms. The van der Waals surface area contributed by atoms with Gasteiger partial charge in [-0.05, 0) is 120 Å². The quantitative estimate of drug-likeness (QED) is 0.253. The second kappa shape index (κ2) is 13.0. The summed E-state index contributed by atoms with van der Waals surface area (Å²) in [6.07, 6.45) is 7.84. The van der Waals surface area contributed by atoms with Crippen LogP contribution < -0.4 is 0 Å². The maximum absolute atomic E-state index is 5.28. The monoisotopic (exact) mass is 598 g/mol. The van der Waals surface area contributed by atoms with Crippen molar-refractivity contribution in [3.63, 3.8) is 0 Å². The molecule has 4 nitrogen and oxygen atoms in total. The number of aryl methyl sites for hydroxylation is 4. The molecule has 2 N–H and O–H groups in total. The van der Waals surface area contributed by atoms with Gasteiger partial charge in [-0.1, -0.05) is 55.4 Å². The third-order valence-electron chi connectivity index (χ3n) is 8.97. The van der Waals surface area contributed by atoms with E-state index in [9.17, 15) is 0 Å². The Morgan fingerprint density at radius 1 is 0.390 bits per heavy atom. The summed E-state index contributed by atoms with van der Waals surface area (Å²) in [5.74, 6) is 0. The largest absolute Gasteiger partial charge is 0.355 e. The standard InChI is InChI=1S/C36H46N4.Zn/c1-9-21-22(10-2)30-18-32-25(13-5)26(14-6)34(39-32)20-36-28(16-8)27(15-7)35(40-36)19-33-24(12-4)23(11-3)31(38-33)17-29(21)37-30;/h17-20,37-38H,9-16H2,1-8H3;. The molecule has 41 heavy (non-hydrogen) atoms. The number of nitrogens with zero attached hydrogens (tertiary/aromatic N) is 2. The molecular formula is C36H46N4Zn. The first-order chi connectivity index (χ1) is 19.5. The van der Waals surface area contributed by atoms with Crippen molar-refractivity contribution in [1.29, 1.82) is 0 Å². The summed E-state index contributed by atoms with van der Waals surface area (Å²) < 4.78 is 0. The summed E-state index contributed by atoms with van der Waals surface area (Å²) in [5.41, 5.74) is 20.2. The number of rotatable bonds is 8. The molecule has 0 unspecified atom stereocenters. The van der Waals surface area contributed by atoms with Crippen molar-refractivity contribution < 1.29 is 19.5 Å². The van der Waals surface area contributed by atoms with E-state index in [4.69, 9.17) is 9.97 Å². The SMILES string of the molecule is CCC1=C(CC)c2cc3[nH]c(cc4[nH]c(cc5nc(cc1n2)C(CC)=C5CC)c(CC)c4CC)c(CC)c3CC.[Zn]. The number of nitrogens with one attached hydrogen (secondary N) is 2. The van der Waals surface area contributed by atoms with Gasteiger partial charge < -0.3 is 9.97 Å². The molecule has 2 aliphatic rings. The van der Waals surface area contributed by atoms with E-state index < -0.39 is 0 Å². The van der Waals surface area contributed by atoms with Gasteiger partial charge in [0.1, 0.15) is 0 Å². The molecule has 0 radical (unpaired) electrons. The zero-order valence-electron chi connectivity index (χ0n) is 26.6. The van der Waals surface area contributed by atoms with Crippen LogP contribution in [0.15, 0.2) is 24.3 Å². The fraction of sp³-hybridized carbons (Fsp3) is 0.444. The Labute approximate surface area is 259 Å². The second-order valence-electron chi connectivity index (χ2n) is 10.9. The summed E-state index contributed by atoms with van der Waals surface area (Å²) in [7, 11) is 0. The maximum atomic E-state index is 5.28. The van der Waals surface area contributed by atoms with Crippen molar-refractivity contribution in [3.8, 4) is 0 Å². The molecule has 0 atom stereocenters. The van der Waals surface area contributed by atoms with E-state index in [1.54, 1.807) is 0 Å². The number of hydrogen-bond donors (Lipinski definition) is 2. The molecule has 0 saturated heterocycles. The van der Waals surface area contributed by atoms with Crippen molar-refractivity contribution in [2.45, 2.75) is 107 Å². The Bertz CT molecular complexity index is 1560. The van der Waals surface area contributed by atoms with Crippen LogP contribution in [0.5, 0.6) is 0 Å². The van der Waals surface area contributed by atoms with Gasteiger partial charge >= 0.3 is 0 Å². The molecule has 8 bridgehead atoms. The van der Waals surface area contributed by atoms with Gasteiger partial charge in [0, 0.05) is 41.5 Å². The molecule has 0 fully saturated rings. The van der Waals surface area contributed by atoms with Crippen LogP contribution in [-0.2, 0) is 45.2 Å². The molecule has 5 heterocycles. The van der Waals surface area contributed by atoms with Crippen LogP contribution in [-0.4, -0.2) is 19.9 Å². The topological polar surface area (TPSA) is 57.4 Å². The molecule has 3 aromatic rings. The van der Waals surface area contributed by atoms with E-state index in [1.807, 2.05) is 0 Å². The van der Waals surface area contributed by atoms with Gasteiger partial charge in [-0.2, -0.15) is 0 Å². The summed E-state index contributed by atoms with van der Waals surface area (Å²) in [5, 5.41) is 0. The Balaban J connectivity index is 0.00000387. The molecule has 212 valence electrons. The van der Waals surface area contributed by atoms with Crippen LogP contribution in [0.4, 0.5) is 0 Å². The third-order valence-corrected chi connectivity index (χ3v) is 8.97. The first kappa shape index (κ1) is 31.2. The number of H-pyrrole nitrogens is 2. The predicted molar refractivity (Wildman–Crippen MR) is 173 cm³/mol. The molecule has 0 saturated carbocycles. The molecule has 3 aromatic heterocycles. The Morgan fingerprint density at radius 2 is 0.659 bits per heavy atom. The minimum absolute atomic E-state index is 0. The maximum Gasteiger partial charge on any atom is 0.0694 e. The number of aromatic nitrogens is 4. The Morgan fingerprint density at radius 3 is 0.927 bits per heavy atom. The van der Waals surface area contributed by atoms with E-state index in [2.05, 4.69) is 89.6 Å². The average molecular weight is 600 g/mol. The van der Waals surface area contributed by atoms with E-state index in [-0.39, 0.29) is 19.5 Å². The second-order valence-corrected chi connectivity index (χ2v) is 10.9. The summed E-state index contributed by atoms with van der Waals surface area (Å²) in [6, 6.07) is 9.24. The number of hydrogen-bond acceptors (Lipinski definition) is 2. The zero-order chi connectivity index (χ0) is 28.6. The van der Waals surface area contributed by atoms with Gasteiger partial charge in [-0.15, -0.1) is 0 Å². The van der Waals surface area contributed by atoms with Crippen LogP contribution in [0.1, 0.15) is 126 Å². The predicted octanol–water partition coefficient (Wildman–Crippen LogP) is 10.0. The molecule has 0 aliphatic carbocycles. The smallest absolute Gasteiger partial charge is 0.0694 e. The Hall–Kier alpha value is -2.78. The molecule has 5 rings (SSSR count). The van der Waals surface area contributed by atoms with Crippen molar-refractivity contribution in [1.82, 2.24) is 19.9 Å². The van der Waals surface area contributed by atoms with Crippen LogP contribution in [0.2, 0.25) is 0 Å². The third kappa shape index (κ3) is 5.31. The van der Waals surface area contributed by atoms with Gasteiger partial charge in [0.2, 0.25) is 0 Å². The fourth-order valence-electron chi connectivity index (χ4n) is 7.10. The minimum atomic E-state index is 0. The van der Waals surface area contributed by atoms with Gasteiger partial charge in [-0.25, -0.2) is 9.97 Å². The number of allylic oxidation sites excluding steroid dienone is 4. The number of fused-ring (bicyclic) bond motifs is 8. The van der Waals surface area contributed by atoms with Gasteiger partial charge in [-0.3, -0.25) is 0 Å². The van der Waals surface area contributed by atoms with Gasteiger partial charge in [0.05, 0.1) is 22.8 Å². The van der Waals surface area contributed by atoms with E-state index in [0.717, 1.165) is 74.1 Å². The van der Waals surface area contributed by atoms with Crippen LogP contribution in [0.3, 0.4) is 0 Å². The summed E-state index contributed by atoms with van der Waals surface area (Å²) >= 11 is 0. The van der Waals surface area contributed by atoms with Crippen molar-refractivity contribution in [2.24, 2.45) is 0 Å². The fourth-order valence-corrected chi connectivity index (χ4v) is 7.10. The van der Waals surface area contributed by atoms with Crippen molar-refractivity contribution in [3.05, 3.63) is 69.3 Å². The van der Waals surface area contributed by atoms with Crippen LogP contribution in [0, 0.1) is 0 Å². The first-order valence-electron chi connectivity index (χ1n) is 15.7. The first-order valence-corrected chi connectivity index (χ1v) is 15.7. The van der Waals surface area contributed by atoms with Crippen molar-refractivity contribution in [2.75, 3.05) is 0 Å². The summed E-state index contributed by atoms with van der Waals surface area (Å²) in [4.78, 5) is 18.2. The van der Waals surface area contributed by atoms with Crippen LogP contribution >= 0.6 is 0 Å². The minimum Gasteiger partial charge on any atom is -0.355 e. The number of aromatic amines is 2. The normalized spacial score (nSPS) is 13.3. The molecule has 5 heteroatoms. The van der Waals surface area contributed by atoms with Gasteiger partial charge in [0.25, 0.3) is 0 Å². The summed E-state index contributed by atoms with van der Waals surface area (Å²) in [6.45, 7) is 18.1. The Kier molecular flexibility index (Phi) is 9.90. The van der Waals surface area contributed by atoms with Gasteiger partial charge in [0.15, 0.2) is 0 Å². The molecule has 0 amide bonds. The van der Waals surface area contributed by atoms with E-state index in [0.29, 0.717) is 0 Å².